The second-order valence-electron chi connectivity index (χ2n) is 5.33. The number of allylic oxidation sites excluding steroid dienone is 1. The highest BCUT2D eigenvalue weighted by Crippen LogP contribution is 2.25. The summed E-state index contributed by atoms with van der Waals surface area (Å²) >= 11 is 1.45. The van der Waals surface area contributed by atoms with E-state index in [1.54, 1.807) is 22.9 Å². The minimum Gasteiger partial charge on any atom is -0.478 e. The molecule has 0 spiro atoms. The number of carboxylic acid groups (broad SMARTS) is 1. The van der Waals surface area contributed by atoms with Crippen LogP contribution in [0.5, 0.6) is 0 Å². The van der Waals surface area contributed by atoms with Gasteiger partial charge in [0.1, 0.15) is 0 Å². The topological polar surface area (TPSA) is 68.0 Å². The van der Waals surface area contributed by atoms with Crippen molar-refractivity contribution in [2.75, 3.05) is 0 Å². The zero-order valence-electron chi connectivity index (χ0n) is 13.4. The third kappa shape index (κ3) is 4.81. The molecule has 25 heavy (non-hydrogen) atoms. The number of thioether (sulfide) groups is 1. The number of benzene rings is 2. The summed E-state index contributed by atoms with van der Waals surface area (Å²) in [6.07, 6.45) is 5.95. The Balaban J connectivity index is 1.57. The normalized spacial score (nSPS) is 11.0. The van der Waals surface area contributed by atoms with Crippen molar-refractivity contribution in [2.45, 2.75) is 17.2 Å². The van der Waals surface area contributed by atoms with E-state index < -0.39 is 5.97 Å². The van der Waals surface area contributed by atoms with E-state index in [1.165, 1.54) is 11.8 Å². The van der Waals surface area contributed by atoms with E-state index in [0.717, 1.165) is 16.2 Å². The molecule has 0 amide bonds. The highest BCUT2D eigenvalue weighted by molar-refractivity contribution is 7.98. The molecule has 0 saturated heterocycles. The Hall–Kier alpha value is -2.86. The Morgan fingerprint density at radius 3 is 2.68 bits per heavy atom. The van der Waals surface area contributed by atoms with Crippen LogP contribution < -0.4 is 0 Å². The highest BCUT2D eigenvalue weighted by atomic mass is 32.2. The van der Waals surface area contributed by atoms with Crippen molar-refractivity contribution in [3.8, 4) is 0 Å². The first-order valence-corrected chi connectivity index (χ1v) is 8.76. The lowest BCUT2D eigenvalue weighted by molar-refractivity contribution is 0.0693. The maximum Gasteiger partial charge on any atom is 0.336 e. The summed E-state index contributed by atoms with van der Waals surface area (Å²) in [5.74, 6) is -0.343. The third-order valence-corrected chi connectivity index (χ3v) is 4.59. The number of nitrogens with zero attached hydrogens (tertiary/aromatic N) is 3. The van der Waals surface area contributed by atoms with Crippen LogP contribution in [0.25, 0.3) is 6.08 Å². The van der Waals surface area contributed by atoms with Crippen molar-refractivity contribution in [3.63, 3.8) is 0 Å². The predicted octanol–water partition coefficient (Wildman–Crippen LogP) is 3.98. The van der Waals surface area contributed by atoms with Gasteiger partial charge in [-0.25, -0.2) is 9.48 Å². The number of aromatic carboxylic acids is 1. The van der Waals surface area contributed by atoms with Crippen LogP contribution in [0.4, 0.5) is 0 Å². The fraction of sp³-hybridized carbons (Fsp3) is 0.105. The summed E-state index contributed by atoms with van der Waals surface area (Å²) in [5, 5.41) is 17.5. The average Bonchev–Trinajstić information content (AvgIpc) is 3.09. The smallest absolute Gasteiger partial charge is 0.336 e. The Morgan fingerprint density at radius 2 is 1.88 bits per heavy atom. The van der Waals surface area contributed by atoms with Crippen molar-refractivity contribution in [1.29, 1.82) is 0 Å². The molecule has 0 bridgehead atoms. The fourth-order valence-electron chi connectivity index (χ4n) is 2.28. The van der Waals surface area contributed by atoms with Gasteiger partial charge in [0, 0.05) is 16.8 Å². The van der Waals surface area contributed by atoms with Crippen molar-refractivity contribution in [3.05, 3.63) is 83.7 Å². The molecule has 0 unspecified atom stereocenters. The van der Waals surface area contributed by atoms with Crippen molar-refractivity contribution in [1.82, 2.24) is 15.0 Å². The molecule has 6 heteroatoms. The molecule has 1 N–H and O–H groups in total. The standard InChI is InChI=1S/C19H17N3O2S/c23-19(24)17-10-4-5-11-18(17)25-14-16-13-22(21-20-16)12-6-9-15-7-2-1-3-8-15/h1-11,13H,12,14H2,(H,23,24)/b9-6+. The third-order valence-electron chi connectivity index (χ3n) is 3.48. The van der Waals surface area contributed by atoms with Crippen LogP contribution in [-0.2, 0) is 12.3 Å². The molecule has 0 radical (unpaired) electrons. The van der Waals surface area contributed by atoms with Gasteiger partial charge < -0.3 is 5.11 Å². The van der Waals surface area contributed by atoms with Crippen LogP contribution in [0.15, 0.2) is 71.8 Å². The van der Waals surface area contributed by atoms with E-state index in [2.05, 4.69) is 10.3 Å². The maximum atomic E-state index is 11.2. The van der Waals surface area contributed by atoms with Crippen molar-refractivity contribution in [2.24, 2.45) is 0 Å². The van der Waals surface area contributed by atoms with Gasteiger partial charge in [-0.15, -0.1) is 16.9 Å². The van der Waals surface area contributed by atoms with Gasteiger partial charge in [-0.1, -0.05) is 59.8 Å². The minimum absolute atomic E-state index is 0.311. The molecule has 5 nitrogen and oxygen atoms in total. The number of aromatic nitrogens is 3. The lowest BCUT2D eigenvalue weighted by Gasteiger charge is -2.03. The lowest BCUT2D eigenvalue weighted by atomic mass is 10.2. The highest BCUT2D eigenvalue weighted by Gasteiger charge is 2.10. The molecule has 0 aliphatic rings. The van der Waals surface area contributed by atoms with Gasteiger partial charge in [0.25, 0.3) is 0 Å². The van der Waals surface area contributed by atoms with E-state index in [9.17, 15) is 9.90 Å². The number of carboxylic acids is 1. The van der Waals surface area contributed by atoms with Crippen molar-refractivity contribution < 1.29 is 9.90 Å². The summed E-state index contributed by atoms with van der Waals surface area (Å²) < 4.78 is 1.76. The van der Waals surface area contributed by atoms with E-state index in [4.69, 9.17) is 0 Å². The number of hydrogen-bond acceptors (Lipinski definition) is 4. The summed E-state index contributed by atoms with van der Waals surface area (Å²) in [6, 6.07) is 17.0. The molecule has 0 fully saturated rings. The maximum absolute atomic E-state index is 11.2. The van der Waals surface area contributed by atoms with Gasteiger partial charge in [-0.05, 0) is 17.7 Å². The van der Waals surface area contributed by atoms with Crippen LogP contribution in [-0.4, -0.2) is 26.1 Å². The van der Waals surface area contributed by atoms with Crippen molar-refractivity contribution >= 4 is 23.8 Å². The van der Waals surface area contributed by atoms with Gasteiger partial charge in [0.05, 0.1) is 17.8 Å². The van der Waals surface area contributed by atoms with Gasteiger partial charge in [-0.2, -0.15) is 0 Å². The predicted molar refractivity (Wildman–Crippen MR) is 98.5 cm³/mol. The van der Waals surface area contributed by atoms with Crippen LogP contribution in [0.1, 0.15) is 21.6 Å². The fourth-order valence-corrected chi connectivity index (χ4v) is 3.20. The molecule has 0 aliphatic heterocycles. The Bertz CT molecular complexity index is 875. The summed E-state index contributed by atoms with van der Waals surface area (Å²) in [5.41, 5.74) is 2.27. The SMILES string of the molecule is O=C(O)c1ccccc1SCc1cn(C/C=C/c2ccccc2)nn1. The Labute approximate surface area is 150 Å². The molecular weight excluding hydrogens is 334 g/mol. The molecular formula is C19H17N3O2S. The van der Waals surface area contributed by atoms with Gasteiger partial charge >= 0.3 is 5.97 Å². The summed E-state index contributed by atoms with van der Waals surface area (Å²) in [6.45, 7) is 0.637. The zero-order chi connectivity index (χ0) is 17.5. The molecule has 1 heterocycles. The molecule has 2 aromatic carbocycles. The monoisotopic (exact) mass is 351 g/mol. The second kappa shape index (κ2) is 8.30. The Morgan fingerprint density at radius 1 is 1.12 bits per heavy atom. The van der Waals surface area contributed by atoms with Gasteiger partial charge in [0.2, 0.25) is 0 Å². The largest absolute Gasteiger partial charge is 0.478 e. The molecule has 3 rings (SSSR count). The van der Waals surface area contributed by atoms with Gasteiger partial charge in [0.15, 0.2) is 0 Å². The first kappa shape index (κ1) is 17.0. The number of rotatable bonds is 7. The van der Waals surface area contributed by atoms with E-state index >= 15 is 0 Å². The quantitative estimate of drug-likeness (QED) is 0.652. The average molecular weight is 351 g/mol. The molecule has 126 valence electrons. The number of carbonyl (C=O) groups is 1. The first-order valence-electron chi connectivity index (χ1n) is 7.78. The molecule has 3 aromatic rings. The summed E-state index contributed by atoms with van der Waals surface area (Å²) in [4.78, 5) is 11.9. The lowest BCUT2D eigenvalue weighted by Crippen LogP contribution is -1.98. The zero-order valence-corrected chi connectivity index (χ0v) is 14.3. The summed E-state index contributed by atoms with van der Waals surface area (Å²) in [7, 11) is 0. The Kier molecular flexibility index (Phi) is 5.64. The van der Waals surface area contributed by atoms with E-state index in [-0.39, 0.29) is 0 Å². The molecule has 0 saturated carbocycles. The van der Waals surface area contributed by atoms with Gasteiger partial charge in [-0.3, -0.25) is 0 Å². The molecule has 0 atom stereocenters. The first-order chi connectivity index (χ1) is 12.2. The van der Waals surface area contributed by atoms with Crippen LogP contribution in [0.3, 0.4) is 0 Å². The van der Waals surface area contributed by atoms with E-state index in [1.807, 2.05) is 54.7 Å². The van der Waals surface area contributed by atoms with E-state index in [0.29, 0.717) is 17.9 Å². The second-order valence-corrected chi connectivity index (χ2v) is 6.35. The van der Waals surface area contributed by atoms with Crippen LogP contribution >= 0.6 is 11.8 Å². The molecule has 0 aliphatic carbocycles. The number of hydrogen-bond donors (Lipinski definition) is 1. The van der Waals surface area contributed by atoms with Crippen LogP contribution in [0, 0.1) is 0 Å². The van der Waals surface area contributed by atoms with Crippen LogP contribution in [0.2, 0.25) is 0 Å². The molecule has 1 aromatic heterocycles. The minimum atomic E-state index is -0.919.